The van der Waals surface area contributed by atoms with Gasteiger partial charge in [0, 0.05) is 31.8 Å². The van der Waals surface area contributed by atoms with Gasteiger partial charge >= 0.3 is 18.2 Å². The molecule has 1 amide bonds. The predicted molar refractivity (Wildman–Crippen MR) is 114 cm³/mol. The minimum atomic E-state index is -4.53. The number of nitrogens with zero attached hydrogens (tertiary/aromatic N) is 1. The number of allylic oxidation sites excluding steroid dienone is 3. The highest BCUT2D eigenvalue weighted by Crippen LogP contribution is 2.36. The summed E-state index contributed by atoms with van der Waals surface area (Å²) < 4.78 is 45.6. The molecule has 1 atom stereocenters. The number of rotatable bonds is 6. The fraction of sp³-hybridized carbons (Fsp3) is 0.391. The summed E-state index contributed by atoms with van der Waals surface area (Å²) in [5.41, 5.74) is -0.167. The smallest absolute Gasteiger partial charge is 0.416 e. The number of hydrogen-bond acceptors (Lipinski definition) is 4. The zero-order chi connectivity index (χ0) is 24.3. The Morgan fingerprint density at radius 1 is 1.22 bits per heavy atom. The van der Waals surface area contributed by atoms with Gasteiger partial charge in [-0.05, 0) is 43.5 Å². The lowest BCUT2D eigenvalue weighted by atomic mass is 9.93. The van der Waals surface area contributed by atoms with E-state index in [4.69, 9.17) is 4.74 Å². The van der Waals surface area contributed by atoms with Gasteiger partial charge in [-0.15, -0.1) is 0 Å². The zero-order valence-corrected chi connectivity index (χ0v) is 18.4. The molecule has 1 aliphatic rings. The molecule has 0 spiro atoms. The van der Waals surface area contributed by atoms with E-state index in [0.29, 0.717) is 11.1 Å². The van der Waals surface area contributed by atoms with Crippen LogP contribution in [0.5, 0.6) is 0 Å². The van der Waals surface area contributed by atoms with Crippen LogP contribution in [-0.2, 0) is 22.4 Å². The molecule has 0 aliphatic carbocycles. The number of ether oxygens (including phenoxy) is 1. The number of alkyl carbamates (subject to hydrolysis) is 1. The molecule has 0 fully saturated rings. The summed E-state index contributed by atoms with van der Waals surface area (Å²) in [7, 11) is 1.61. The molecule has 0 radical (unpaired) electrons. The zero-order valence-electron chi connectivity index (χ0n) is 18.4. The molecule has 0 aromatic heterocycles. The average molecular weight is 452 g/mol. The van der Waals surface area contributed by atoms with Crippen molar-refractivity contribution >= 4 is 12.1 Å². The molecule has 6 nitrogen and oxygen atoms in total. The summed E-state index contributed by atoms with van der Waals surface area (Å²) in [6.07, 6.45) is -3.17. The predicted octanol–water partition coefficient (Wildman–Crippen LogP) is 4.58. The van der Waals surface area contributed by atoms with Crippen molar-refractivity contribution in [3.05, 3.63) is 71.1 Å². The highest BCUT2D eigenvalue weighted by atomic mass is 19.4. The molecule has 0 saturated heterocycles. The second-order valence-electron chi connectivity index (χ2n) is 8.50. The first-order valence-corrected chi connectivity index (χ1v) is 9.88. The lowest BCUT2D eigenvalue weighted by Gasteiger charge is -2.27. The van der Waals surface area contributed by atoms with Crippen LogP contribution in [0, 0.1) is 0 Å². The minimum absolute atomic E-state index is 0.0343. The lowest BCUT2D eigenvalue weighted by molar-refractivity contribution is -0.139. The first kappa shape index (κ1) is 25.0. The van der Waals surface area contributed by atoms with E-state index in [1.165, 1.54) is 11.1 Å². The molecule has 1 aliphatic heterocycles. The van der Waals surface area contributed by atoms with Crippen molar-refractivity contribution in [3.8, 4) is 0 Å². The van der Waals surface area contributed by atoms with E-state index in [-0.39, 0.29) is 24.1 Å². The van der Waals surface area contributed by atoms with Gasteiger partial charge in [0.25, 0.3) is 0 Å². The van der Waals surface area contributed by atoms with Crippen LogP contribution in [0.1, 0.15) is 31.9 Å². The van der Waals surface area contributed by atoms with Crippen LogP contribution in [0.25, 0.3) is 0 Å². The maximum Gasteiger partial charge on any atom is 0.416 e. The van der Waals surface area contributed by atoms with Crippen LogP contribution >= 0.6 is 0 Å². The Morgan fingerprint density at radius 2 is 1.84 bits per heavy atom. The van der Waals surface area contributed by atoms with Crippen LogP contribution in [0.15, 0.2) is 60.0 Å². The van der Waals surface area contributed by atoms with Gasteiger partial charge in [-0.1, -0.05) is 30.8 Å². The highest BCUT2D eigenvalue weighted by Gasteiger charge is 2.37. The van der Waals surface area contributed by atoms with Gasteiger partial charge in [-0.2, -0.15) is 13.2 Å². The van der Waals surface area contributed by atoms with Gasteiger partial charge in [0.15, 0.2) is 0 Å². The van der Waals surface area contributed by atoms with Gasteiger partial charge in [0.1, 0.15) is 11.6 Å². The normalized spacial score (nSPS) is 15.6. The second kappa shape index (κ2) is 9.50. The molecule has 9 heteroatoms. The number of amides is 1. The average Bonchev–Trinajstić information content (AvgIpc) is 2.62. The van der Waals surface area contributed by atoms with Crippen LogP contribution < -0.4 is 5.32 Å². The van der Waals surface area contributed by atoms with Crippen molar-refractivity contribution in [1.29, 1.82) is 0 Å². The van der Waals surface area contributed by atoms with E-state index in [1.54, 1.807) is 52.1 Å². The Bertz CT molecular complexity index is 959. The molecule has 1 heterocycles. The fourth-order valence-electron chi connectivity index (χ4n) is 3.16. The Hall–Kier alpha value is -3.23. The maximum atomic E-state index is 13.5. The Morgan fingerprint density at radius 3 is 2.41 bits per heavy atom. The number of hydrogen-bond donors (Lipinski definition) is 2. The maximum absolute atomic E-state index is 13.5. The number of alkyl halides is 3. The molecule has 0 saturated carbocycles. The highest BCUT2D eigenvalue weighted by molar-refractivity contribution is 5.80. The van der Waals surface area contributed by atoms with Crippen molar-refractivity contribution in [3.63, 3.8) is 0 Å². The van der Waals surface area contributed by atoms with Crippen LogP contribution in [0.4, 0.5) is 18.0 Å². The summed E-state index contributed by atoms with van der Waals surface area (Å²) in [6, 6.07) is 5.31. The number of carboxylic acids is 1. The van der Waals surface area contributed by atoms with E-state index in [9.17, 15) is 27.9 Å². The third-order valence-corrected chi connectivity index (χ3v) is 4.67. The molecular formula is C23H27F3N2O4. The van der Waals surface area contributed by atoms with Gasteiger partial charge < -0.3 is 20.1 Å². The number of aliphatic carboxylic acids is 1. The molecule has 1 aromatic rings. The number of carboxylic acid groups (broad SMARTS) is 1. The summed E-state index contributed by atoms with van der Waals surface area (Å²) >= 11 is 0. The van der Waals surface area contributed by atoms with E-state index < -0.39 is 35.5 Å². The van der Waals surface area contributed by atoms with E-state index >= 15 is 0 Å². The van der Waals surface area contributed by atoms with E-state index in [1.807, 2.05) is 0 Å². The first-order valence-electron chi connectivity index (χ1n) is 9.88. The Balaban J connectivity index is 2.24. The summed E-state index contributed by atoms with van der Waals surface area (Å²) in [6.45, 7) is 8.73. The van der Waals surface area contributed by atoms with Crippen molar-refractivity contribution in [2.24, 2.45) is 0 Å². The number of likely N-dealkylation sites (N-methyl/N-ethyl adjacent to an activating group) is 1. The van der Waals surface area contributed by atoms with Crippen molar-refractivity contribution < 1.29 is 32.6 Å². The van der Waals surface area contributed by atoms with Crippen LogP contribution in [-0.4, -0.2) is 46.9 Å². The monoisotopic (exact) mass is 452 g/mol. The summed E-state index contributed by atoms with van der Waals surface area (Å²) in [5.74, 6) is -1.25. The molecule has 0 bridgehead atoms. The van der Waals surface area contributed by atoms with Crippen molar-refractivity contribution in [2.75, 3.05) is 7.05 Å². The van der Waals surface area contributed by atoms with Crippen molar-refractivity contribution in [1.82, 2.24) is 10.2 Å². The van der Waals surface area contributed by atoms with Crippen LogP contribution in [0.3, 0.4) is 0 Å². The summed E-state index contributed by atoms with van der Waals surface area (Å²) in [5, 5.41) is 11.8. The largest absolute Gasteiger partial charge is 0.480 e. The number of carbonyl (C=O) groups is 2. The molecule has 2 rings (SSSR count). The van der Waals surface area contributed by atoms with E-state index in [2.05, 4.69) is 11.9 Å². The Labute approximate surface area is 185 Å². The number of benzene rings is 1. The van der Waals surface area contributed by atoms with Crippen LogP contribution in [0.2, 0.25) is 0 Å². The SMILES string of the molecule is C=C1C(Cc2cccc(C[C@H](NC(=O)OC(C)(C)C)C(=O)O)c2)=C(C(F)(F)F)C=CN1C. The van der Waals surface area contributed by atoms with Gasteiger partial charge in [0.05, 0.1) is 5.57 Å². The Kier molecular flexibility index (Phi) is 7.43. The third kappa shape index (κ3) is 6.90. The number of halogens is 3. The lowest BCUT2D eigenvalue weighted by Crippen LogP contribution is -2.44. The quantitative estimate of drug-likeness (QED) is 0.661. The molecule has 0 unspecified atom stereocenters. The molecular weight excluding hydrogens is 425 g/mol. The fourth-order valence-corrected chi connectivity index (χ4v) is 3.16. The number of carbonyl (C=O) groups excluding carboxylic acids is 1. The number of nitrogens with one attached hydrogen (secondary N) is 1. The molecule has 174 valence electrons. The molecule has 1 aromatic carbocycles. The minimum Gasteiger partial charge on any atom is -0.480 e. The van der Waals surface area contributed by atoms with Gasteiger partial charge in [-0.25, -0.2) is 9.59 Å². The van der Waals surface area contributed by atoms with Crippen molar-refractivity contribution in [2.45, 2.75) is 51.4 Å². The topological polar surface area (TPSA) is 78.9 Å². The van der Waals surface area contributed by atoms with Gasteiger partial charge in [0.2, 0.25) is 0 Å². The summed E-state index contributed by atoms with van der Waals surface area (Å²) in [4.78, 5) is 25.1. The third-order valence-electron chi connectivity index (χ3n) is 4.67. The van der Waals surface area contributed by atoms with Gasteiger partial charge in [-0.3, -0.25) is 0 Å². The molecule has 32 heavy (non-hydrogen) atoms. The first-order chi connectivity index (χ1) is 14.7. The standard InChI is InChI=1S/C23H27F3N2O4/c1-14-17(18(23(24,25)26)9-10-28(14)5)12-15-7-6-8-16(11-15)13-19(20(29)30)27-21(31)32-22(2,3)4/h6-11,19H,1,12-13H2,2-5H3,(H,27,31)(H,29,30)/t19-/m0/s1. The van der Waals surface area contributed by atoms with E-state index in [0.717, 1.165) is 6.08 Å². The second-order valence-corrected chi connectivity index (χ2v) is 8.50. The molecule has 2 N–H and O–H groups in total.